The maximum Gasteiger partial charge on any atom is 0.111 e. The van der Waals surface area contributed by atoms with Gasteiger partial charge in [0.15, 0.2) is 0 Å². The van der Waals surface area contributed by atoms with Crippen molar-refractivity contribution in [2.45, 2.75) is 20.5 Å². The van der Waals surface area contributed by atoms with Crippen LogP contribution in [0.5, 0.6) is 0 Å². The molecule has 0 radical (unpaired) electrons. The zero-order chi connectivity index (χ0) is 9.40. The Balaban J connectivity index is 0.000000561. The Morgan fingerprint density at radius 3 is 2.67 bits per heavy atom. The molecule has 0 aliphatic carbocycles. The topological polar surface area (TPSA) is 22.1 Å². The minimum absolute atomic E-state index is 0.606. The Hall–Kier alpha value is -0.410. The van der Waals surface area contributed by atoms with Crippen molar-refractivity contribution in [2.24, 2.45) is 0 Å². The van der Waals surface area contributed by atoms with Crippen LogP contribution in [0.3, 0.4) is 0 Å². The van der Waals surface area contributed by atoms with Gasteiger partial charge in [0.2, 0.25) is 0 Å². The predicted molar refractivity (Wildman–Crippen MR) is 54.0 cm³/mol. The summed E-state index contributed by atoms with van der Waals surface area (Å²) >= 11 is 3.31. The first-order chi connectivity index (χ1) is 5.84. The second-order valence-electron chi connectivity index (χ2n) is 1.89. The van der Waals surface area contributed by atoms with Gasteiger partial charge in [0.1, 0.15) is 4.60 Å². The Labute approximate surface area is 82.1 Å². The molecule has 1 heterocycles. The van der Waals surface area contributed by atoms with E-state index < -0.39 is 0 Å². The van der Waals surface area contributed by atoms with Gasteiger partial charge in [-0.3, -0.25) is 0 Å². The molecule has 0 unspecified atom stereocenters. The molecule has 0 amide bonds. The zero-order valence-corrected chi connectivity index (χ0v) is 9.26. The first kappa shape index (κ1) is 11.6. The predicted octanol–water partition coefficient (Wildman–Crippen LogP) is 3.02. The lowest BCUT2D eigenvalue weighted by atomic mass is 10.3. The van der Waals surface area contributed by atoms with E-state index in [9.17, 15) is 0 Å². The van der Waals surface area contributed by atoms with Gasteiger partial charge in [-0.05, 0) is 22.0 Å². The molecule has 0 saturated carbocycles. The van der Waals surface area contributed by atoms with Gasteiger partial charge in [0.25, 0.3) is 0 Å². The Kier molecular flexibility index (Phi) is 7.00. The second kappa shape index (κ2) is 7.25. The standard InChI is InChI=1S/C7H8BrNO.C2H6/c1-10-5-6-3-2-4-9-7(6)8;1-2/h2-4H,5H2,1H3;1-2H3. The maximum atomic E-state index is 4.94. The van der Waals surface area contributed by atoms with Crippen LogP contribution in [0.4, 0.5) is 0 Å². The van der Waals surface area contributed by atoms with Crippen molar-refractivity contribution in [1.82, 2.24) is 4.98 Å². The van der Waals surface area contributed by atoms with Crippen LogP contribution in [-0.2, 0) is 11.3 Å². The SMILES string of the molecule is CC.COCc1cccnc1Br. The molecule has 12 heavy (non-hydrogen) atoms. The largest absolute Gasteiger partial charge is 0.380 e. The summed E-state index contributed by atoms with van der Waals surface area (Å²) in [5.41, 5.74) is 1.07. The average Bonchev–Trinajstić information content (AvgIpc) is 2.13. The van der Waals surface area contributed by atoms with Gasteiger partial charge in [0, 0.05) is 18.9 Å². The lowest BCUT2D eigenvalue weighted by Gasteiger charge is -1.99. The maximum absolute atomic E-state index is 4.94. The highest BCUT2D eigenvalue weighted by molar-refractivity contribution is 9.10. The van der Waals surface area contributed by atoms with Gasteiger partial charge >= 0.3 is 0 Å². The third kappa shape index (κ3) is 3.83. The van der Waals surface area contributed by atoms with Crippen LogP contribution in [-0.4, -0.2) is 12.1 Å². The second-order valence-corrected chi connectivity index (χ2v) is 2.64. The molecule has 0 N–H and O–H groups in total. The van der Waals surface area contributed by atoms with Crippen LogP contribution >= 0.6 is 15.9 Å². The molecule has 68 valence electrons. The summed E-state index contributed by atoms with van der Waals surface area (Å²) in [6.45, 7) is 4.61. The van der Waals surface area contributed by atoms with E-state index >= 15 is 0 Å². The smallest absolute Gasteiger partial charge is 0.111 e. The van der Waals surface area contributed by atoms with Gasteiger partial charge in [-0.15, -0.1) is 0 Å². The zero-order valence-electron chi connectivity index (χ0n) is 7.67. The van der Waals surface area contributed by atoms with Crippen LogP contribution in [0.25, 0.3) is 0 Å². The number of aromatic nitrogens is 1. The molecule has 0 atom stereocenters. The minimum Gasteiger partial charge on any atom is -0.380 e. The van der Waals surface area contributed by atoms with Crippen molar-refractivity contribution in [1.29, 1.82) is 0 Å². The summed E-state index contributed by atoms with van der Waals surface area (Å²) in [6, 6.07) is 3.86. The molecule has 1 rings (SSSR count). The lowest BCUT2D eigenvalue weighted by Crippen LogP contribution is -1.89. The summed E-state index contributed by atoms with van der Waals surface area (Å²) in [5.74, 6) is 0. The van der Waals surface area contributed by atoms with E-state index in [4.69, 9.17) is 4.74 Å². The van der Waals surface area contributed by atoms with E-state index in [1.807, 2.05) is 26.0 Å². The van der Waals surface area contributed by atoms with Crippen molar-refractivity contribution < 1.29 is 4.74 Å². The molecule has 0 fully saturated rings. The molecule has 0 bridgehead atoms. The van der Waals surface area contributed by atoms with E-state index in [0.717, 1.165) is 10.2 Å². The summed E-state index contributed by atoms with van der Waals surface area (Å²) < 4.78 is 5.80. The van der Waals surface area contributed by atoms with E-state index in [-0.39, 0.29) is 0 Å². The molecule has 2 nitrogen and oxygen atoms in total. The van der Waals surface area contributed by atoms with Crippen LogP contribution in [0.2, 0.25) is 0 Å². The number of hydrogen-bond acceptors (Lipinski definition) is 2. The number of halogens is 1. The Bertz CT molecular complexity index is 215. The van der Waals surface area contributed by atoms with Crippen molar-refractivity contribution >= 4 is 15.9 Å². The highest BCUT2D eigenvalue weighted by Crippen LogP contribution is 2.12. The van der Waals surface area contributed by atoms with Gasteiger partial charge in [-0.1, -0.05) is 19.9 Å². The van der Waals surface area contributed by atoms with Crippen LogP contribution in [0.15, 0.2) is 22.9 Å². The molecule has 3 heteroatoms. The van der Waals surface area contributed by atoms with Crippen LogP contribution in [0, 0.1) is 0 Å². The first-order valence-electron chi connectivity index (χ1n) is 3.93. The van der Waals surface area contributed by atoms with E-state index in [1.54, 1.807) is 13.3 Å². The van der Waals surface area contributed by atoms with Crippen molar-refractivity contribution in [3.63, 3.8) is 0 Å². The first-order valence-corrected chi connectivity index (χ1v) is 4.72. The average molecular weight is 232 g/mol. The van der Waals surface area contributed by atoms with Gasteiger partial charge in [0.05, 0.1) is 6.61 Å². The van der Waals surface area contributed by atoms with E-state index in [2.05, 4.69) is 20.9 Å². The van der Waals surface area contributed by atoms with Gasteiger partial charge in [-0.25, -0.2) is 4.98 Å². The normalized spacial score (nSPS) is 8.67. The number of nitrogens with zero attached hydrogens (tertiary/aromatic N) is 1. The Morgan fingerprint density at radius 2 is 2.17 bits per heavy atom. The third-order valence-electron chi connectivity index (χ3n) is 1.14. The summed E-state index contributed by atoms with van der Waals surface area (Å²) in [6.07, 6.45) is 1.74. The molecular weight excluding hydrogens is 218 g/mol. The molecule has 1 aromatic rings. The monoisotopic (exact) mass is 231 g/mol. The molecule has 0 spiro atoms. The van der Waals surface area contributed by atoms with Gasteiger partial charge in [-0.2, -0.15) is 0 Å². The van der Waals surface area contributed by atoms with Crippen molar-refractivity contribution in [3.8, 4) is 0 Å². The molecule has 0 aliphatic heterocycles. The number of ether oxygens (including phenoxy) is 1. The summed E-state index contributed by atoms with van der Waals surface area (Å²) in [5, 5.41) is 0. The number of methoxy groups -OCH3 is 1. The van der Waals surface area contributed by atoms with Crippen molar-refractivity contribution in [2.75, 3.05) is 7.11 Å². The molecule has 0 saturated heterocycles. The summed E-state index contributed by atoms with van der Waals surface area (Å²) in [7, 11) is 1.67. The number of pyridine rings is 1. The minimum atomic E-state index is 0.606. The molecule has 1 aromatic heterocycles. The Morgan fingerprint density at radius 1 is 1.50 bits per heavy atom. The van der Waals surface area contributed by atoms with Crippen molar-refractivity contribution in [3.05, 3.63) is 28.5 Å². The molecular formula is C9H14BrNO. The van der Waals surface area contributed by atoms with E-state index in [0.29, 0.717) is 6.61 Å². The fraction of sp³-hybridized carbons (Fsp3) is 0.444. The number of hydrogen-bond donors (Lipinski definition) is 0. The quantitative estimate of drug-likeness (QED) is 0.731. The molecule has 0 aliphatic rings. The van der Waals surface area contributed by atoms with E-state index in [1.165, 1.54) is 0 Å². The number of rotatable bonds is 2. The molecule has 0 aromatic carbocycles. The van der Waals surface area contributed by atoms with Gasteiger partial charge < -0.3 is 4.74 Å². The lowest BCUT2D eigenvalue weighted by molar-refractivity contribution is 0.184. The fourth-order valence-corrected chi connectivity index (χ4v) is 1.05. The highest BCUT2D eigenvalue weighted by atomic mass is 79.9. The van der Waals surface area contributed by atoms with Crippen LogP contribution in [0.1, 0.15) is 19.4 Å². The third-order valence-corrected chi connectivity index (χ3v) is 1.85. The summed E-state index contributed by atoms with van der Waals surface area (Å²) in [4.78, 5) is 4.03. The fourth-order valence-electron chi connectivity index (χ4n) is 0.683. The van der Waals surface area contributed by atoms with Crippen LogP contribution < -0.4 is 0 Å². The highest BCUT2D eigenvalue weighted by Gasteiger charge is 1.96.